The molecule has 0 bridgehead atoms. The maximum absolute atomic E-state index is 4.21. The first kappa shape index (κ1) is 13.1. The average molecular weight is 264 g/mol. The van der Waals surface area contributed by atoms with E-state index in [-0.39, 0.29) is 40.0 Å². The normalized spacial score (nSPS) is 8.31. The van der Waals surface area contributed by atoms with Crippen molar-refractivity contribution in [3.05, 3.63) is 41.8 Å². The molecule has 0 aliphatic rings. The molecule has 0 aliphatic heterocycles. The summed E-state index contributed by atoms with van der Waals surface area (Å²) in [7, 11) is 0. The van der Waals surface area contributed by atoms with Gasteiger partial charge in [0.15, 0.2) is 0 Å². The summed E-state index contributed by atoms with van der Waals surface area (Å²) in [5.74, 6) is 0. The van der Waals surface area contributed by atoms with Crippen LogP contribution in [0.5, 0.6) is 0 Å². The second-order valence-electron chi connectivity index (χ2n) is 2.17. The molecule has 13 heavy (non-hydrogen) atoms. The molecule has 2 rings (SSSR count). The van der Waals surface area contributed by atoms with Crippen molar-refractivity contribution in [3.63, 3.8) is 0 Å². The molecular weight excluding hydrogens is 258 g/mol. The Bertz CT molecular complexity index is 323. The smallest absolute Gasteiger partial charge is 1.00 e. The van der Waals surface area contributed by atoms with E-state index < -0.39 is 0 Å². The number of rotatable bonds is 1. The summed E-state index contributed by atoms with van der Waals surface area (Å²) in [4.78, 5) is 0. The summed E-state index contributed by atoms with van der Waals surface area (Å²) in [5, 5.41) is 1.98. The van der Waals surface area contributed by atoms with Crippen LogP contribution in [0, 0.1) is 6.07 Å². The molecule has 1 aromatic carbocycles. The average Bonchev–Trinajstić information content (AvgIpc) is 2.58. The van der Waals surface area contributed by atoms with Gasteiger partial charge in [-0.3, -0.25) is 0 Å². The van der Waals surface area contributed by atoms with Gasteiger partial charge in [-0.2, -0.15) is 34.7 Å². The Labute approximate surface area is 108 Å². The number of halogens is 1. The number of benzene rings is 1. The third-order valence-electron chi connectivity index (χ3n) is 1.45. The molecule has 0 radical (unpaired) electrons. The fourth-order valence-electron chi connectivity index (χ4n) is 0.919. The van der Waals surface area contributed by atoms with Crippen LogP contribution >= 0.6 is 11.5 Å². The first-order chi connectivity index (χ1) is 5.47. The van der Waals surface area contributed by atoms with E-state index >= 15 is 0 Å². The van der Waals surface area contributed by atoms with Crippen LogP contribution in [0.3, 0.4) is 0 Å². The molecule has 1 aromatic heterocycles. The minimum absolute atomic E-state index is 0. The molecule has 0 amide bonds. The standard InChI is InChI=1S/C9H6NS.BrH.Mg/c1-2-4-8(5-3-1)9-6-7-11-10-9;;/h2-7H;1H;/q-1;;+2/p-1. The zero-order chi connectivity index (χ0) is 7.52. The summed E-state index contributed by atoms with van der Waals surface area (Å²) in [6.45, 7) is 0. The fraction of sp³-hybridized carbons (Fsp3) is 0. The monoisotopic (exact) mass is 263 g/mol. The summed E-state index contributed by atoms with van der Waals surface area (Å²) < 4.78 is 4.21. The molecule has 0 saturated carbocycles. The molecule has 0 N–H and O–H groups in total. The molecule has 0 unspecified atom stereocenters. The van der Waals surface area contributed by atoms with Gasteiger partial charge in [-0.25, -0.2) is 0 Å². The van der Waals surface area contributed by atoms with Crippen LogP contribution < -0.4 is 17.0 Å². The van der Waals surface area contributed by atoms with E-state index in [1.54, 1.807) is 0 Å². The molecule has 0 atom stereocenters. The molecule has 1 heterocycles. The summed E-state index contributed by atoms with van der Waals surface area (Å²) in [6, 6.07) is 12.8. The molecule has 62 valence electrons. The van der Waals surface area contributed by atoms with Crippen molar-refractivity contribution < 1.29 is 17.0 Å². The van der Waals surface area contributed by atoms with E-state index in [4.69, 9.17) is 0 Å². The van der Waals surface area contributed by atoms with Crippen LogP contribution in [0.2, 0.25) is 0 Å². The Morgan fingerprint density at radius 2 is 1.85 bits per heavy atom. The topological polar surface area (TPSA) is 12.9 Å². The predicted octanol–water partition coefficient (Wildman–Crippen LogP) is -0.767. The van der Waals surface area contributed by atoms with Gasteiger partial charge in [0.05, 0.1) is 5.69 Å². The van der Waals surface area contributed by atoms with Gasteiger partial charge in [0.2, 0.25) is 0 Å². The third kappa shape index (κ3) is 3.38. The van der Waals surface area contributed by atoms with Crippen molar-refractivity contribution in [1.29, 1.82) is 0 Å². The van der Waals surface area contributed by atoms with Gasteiger partial charge in [0.1, 0.15) is 0 Å². The molecule has 1 nitrogen and oxygen atoms in total. The quantitative estimate of drug-likeness (QED) is 0.487. The van der Waals surface area contributed by atoms with Crippen LogP contribution in [0.4, 0.5) is 0 Å². The van der Waals surface area contributed by atoms with E-state index in [0.717, 1.165) is 11.3 Å². The number of hydrogen-bond acceptors (Lipinski definition) is 2. The zero-order valence-corrected chi connectivity index (χ0v) is 10.7. The van der Waals surface area contributed by atoms with Crippen LogP contribution in [0.15, 0.2) is 35.7 Å². The molecule has 0 fully saturated rings. The second kappa shape index (κ2) is 6.54. The van der Waals surface area contributed by atoms with Crippen molar-refractivity contribution in [2.24, 2.45) is 0 Å². The Kier molecular flexibility index (Phi) is 6.58. The molecule has 0 spiro atoms. The summed E-state index contributed by atoms with van der Waals surface area (Å²) in [6.07, 6.45) is 0. The summed E-state index contributed by atoms with van der Waals surface area (Å²) in [5.41, 5.74) is 2.20. The van der Waals surface area contributed by atoms with Crippen molar-refractivity contribution >= 4 is 34.6 Å². The maximum atomic E-state index is 4.21. The van der Waals surface area contributed by atoms with Crippen LogP contribution in [-0.4, -0.2) is 27.4 Å². The van der Waals surface area contributed by atoms with Gasteiger partial charge in [0, 0.05) is 5.38 Å². The van der Waals surface area contributed by atoms with Crippen molar-refractivity contribution in [2.75, 3.05) is 0 Å². The van der Waals surface area contributed by atoms with E-state index in [0.29, 0.717) is 0 Å². The van der Waals surface area contributed by atoms with Gasteiger partial charge < -0.3 is 17.0 Å². The maximum Gasteiger partial charge on any atom is 2.00 e. The molecule has 4 heteroatoms. The van der Waals surface area contributed by atoms with Gasteiger partial charge in [0.25, 0.3) is 0 Å². The van der Waals surface area contributed by atoms with Gasteiger partial charge in [-0.15, -0.1) is 5.56 Å². The van der Waals surface area contributed by atoms with Crippen LogP contribution in [0.1, 0.15) is 0 Å². The largest absolute Gasteiger partial charge is 2.00 e. The Morgan fingerprint density at radius 1 is 1.15 bits per heavy atom. The van der Waals surface area contributed by atoms with E-state index in [1.165, 1.54) is 11.5 Å². The second-order valence-corrected chi connectivity index (χ2v) is 2.84. The van der Waals surface area contributed by atoms with Crippen molar-refractivity contribution in [2.45, 2.75) is 0 Å². The van der Waals surface area contributed by atoms with Gasteiger partial charge in [-0.05, 0) is 17.6 Å². The Morgan fingerprint density at radius 3 is 2.38 bits per heavy atom. The third-order valence-corrected chi connectivity index (χ3v) is 2.01. The first-order valence-electron chi connectivity index (χ1n) is 3.34. The van der Waals surface area contributed by atoms with Gasteiger partial charge >= 0.3 is 23.1 Å². The minimum atomic E-state index is 0. The van der Waals surface area contributed by atoms with Crippen LogP contribution in [-0.2, 0) is 0 Å². The van der Waals surface area contributed by atoms with Crippen molar-refractivity contribution in [1.82, 2.24) is 4.37 Å². The Balaban J connectivity index is 0.000000720. The molecule has 0 aliphatic carbocycles. The first-order valence-corrected chi connectivity index (χ1v) is 4.17. The van der Waals surface area contributed by atoms with E-state index in [2.05, 4.69) is 10.4 Å². The fourth-order valence-corrected chi connectivity index (χ4v) is 1.45. The molecule has 2 aromatic rings. The van der Waals surface area contributed by atoms with E-state index in [1.807, 2.05) is 35.7 Å². The zero-order valence-electron chi connectivity index (χ0n) is 6.90. The van der Waals surface area contributed by atoms with Crippen molar-refractivity contribution in [3.8, 4) is 11.3 Å². The molecule has 0 saturated heterocycles. The number of hydrogen-bond donors (Lipinski definition) is 0. The van der Waals surface area contributed by atoms with E-state index in [9.17, 15) is 0 Å². The summed E-state index contributed by atoms with van der Waals surface area (Å²) >= 11 is 1.47. The number of nitrogens with zero attached hydrogens (tertiary/aromatic N) is 1. The van der Waals surface area contributed by atoms with Gasteiger partial charge in [-0.1, -0.05) is 0 Å². The van der Waals surface area contributed by atoms with Crippen LogP contribution in [0.25, 0.3) is 11.3 Å². The SMILES string of the molecule is [Br-].[Mg+2].[c-]1ccc(-c2ccsn2)cc1. The Hall–Kier alpha value is 0.0962. The minimum Gasteiger partial charge on any atom is -1.00 e. The predicted molar refractivity (Wildman–Crippen MR) is 52.1 cm³/mol. The molecular formula is C9H6BrMgNS. The number of aromatic nitrogens is 1.